The van der Waals surface area contributed by atoms with Crippen LogP contribution in [0.1, 0.15) is 23.2 Å². The van der Waals surface area contributed by atoms with Crippen molar-refractivity contribution in [3.63, 3.8) is 0 Å². The molecule has 132 valence electrons. The van der Waals surface area contributed by atoms with E-state index in [1.807, 2.05) is 42.5 Å². The van der Waals surface area contributed by atoms with Crippen molar-refractivity contribution >= 4 is 5.91 Å². The summed E-state index contributed by atoms with van der Waals surface area (Å²) >= 11 is 0. The molecule has 0 saturated carbocycles. The minimum Gasteiger partial charge on any atom is -0.494 e. The predicted octanol–water partition coefficient (Wildman–Crippen LogP) is 3.73. The van der Waals surface area contributed by atoms with Gasteiger partial charge in [0, 0.05) is 30.7 Å². The molecule has 3 rings (SSSR count). The number of amides is 1. The first-order chi connectivity index (χ1) is 12.8. The standard InChI is InChI=1S/C21H21N3O2/c25-21(18-6-5-12-22-16-18)24-14-3-4-15-26-19-10-8-17(9-11-19)20-7-1-2-13-23-20/h1-2,5-13,16H,3-4,14-15H2,(H,24,25). The molecule has 0 spiro atoms. The van der Waals surface area contributed by atoms with Crippen LogP contribution in [0.2, 0.25) is 0 Å². The Morgan fingerprint density at radius 3 is 2.58 bits per heavy atom. The number of ether oxygens (including phenoxy) is 1. The molecule has 0 unspecified atom stereocenters. The lowest BCUT2D eigenvalue weighted by Crippen LogP contribution is -2.24. The molecular formula is C21H21N3O2. The molecule has 1 amide bonds. The van der Waals surface area contributed by atoms with Crippen molar-refractivity contribution in [1.29, 1.82) is 0 Å². The van der Waals surface area contributed by atoms with Gasteiger partial charge in [-0.2, -0.15) is 0 Å². The fourth-order valence-corrected chi connectivity index (χ4v) is 2.47. The number of carbonyl (C=O) groups excluding carboxylic acids is 1. The molecule has 0 bridgehead atoms. The van der Waals surface area contributed by atoms with E-state index in [0.29, 0.717) is 18.7 Å². The van der Waals surface area contributed by atoms with E-state index in [9.17, 15) is 4.79 Å². The molecule has 1 aromatic carbocycles. The van der Waals surface area contributed by atoms with Gasteiger partial charge in [-0.15, -0.1) is 0 Å². The van der Waals surface area contributed by atoms with Gasteiger partial charge in [0.15, 0.2) is 0 Å². The maximum absolute atomic E-state index is 11.9. The molecule has 0 aliphatic rings. The second-order valence-corrected chi connectivity index (χ2v) is 5.79. The molecular weight excluding hydrogens is 326 g/mol. The average molecular weight is 347 g/mol. The van der Waals surface area contributed by atoms with Crippen molar-refractivity contribution in [1.82, 2.24) is 15.3 Å². The molecule has 0 aliphatic heterocycles. The maximum atomic E-state index is 11.9. The van der Waals surface area contributed by atoms with Crippen molar-refractivity contribution in [2.45, 2.75) is 12.8 Å². The lowest BCUT2D eigenvalue weighted by Gasteiger charge is -2.08. The van der Waals surface area contributed by atoms with E-state index in [1.165, 1.54) is 0 Å². The summed E-state index contributed by atoms with van der Waals surface area (Å²) in [7, 11) is 0. The van der Waals surface area contributed by atoms with Crippen LogP contribution in [0.3, 0.4) is 0 Å². The molecule has 1 N–H and O–H groups in total. The lowest BCUT2D eigenvalue weighted by atomic mass is 10.1. The van der Waals surface area contributed by atoms with Gasteiger partial charge in [0.25, 0.3) is 5.91 Å². The Morgan fingerprint density at radius 1 is 0.962 bits per heavy atom. The monoisotopic (exact) mass is 347 g/mol. The summed E-state index contributed by atoms with van der Waals surface area (Å²) in [6, 6.07) is 17.3. The molecule has 5 nitrogen and oxygen atoms in total. The zero-order chi connectivity index (χ0) is 18.0. The van der Waals surface area contributed by atoms with E-state index in [2.05, 4.69) is 15.3 Å². The van der Waals surface area contributed by atoms with Crippen molar-refractivity contribution in [2.24, 2.45) is 0 Å². The molecule has 26 heavy (non-hydrogen) atoms. The highest BCUT2D eigenvalue weighted by Gasteiger charge is 2.03. The third-order valence-corrected chi connectivity index (χ3v) is 3.86. The van der Waals surface area contributed by atoms with Crippen LogP contribution in [-0.4, -0.2) is 29.0 Å². The molecule has 2 heterocycles. The smallest absolute Gasteiger partial charge is 0.252 e. The number of nitrogens with zero attached hydrogens (tertiary/aromatic N) is 2. The first kappa shape index (κ1) is 17.6. The molecule has 0 radical (unpaired) electrons. The molecule has 0 fully saturated rings. The quantitative estimate of drug-likeness (QED) is 0.631. The van der Waals surface area contributed by atoms with Gasteiger partial charge < -0.3 is 10.1 Å². The Labute approximate surface area is 153 Å². The molecule has 0 atom stereocenters. The number of nitrogens with one attached hydrogen (secondary N) is 1. The number of benzene rings is 1. The van der Waals surface area contributed by atoms with Gasteiger partial charge in [-0.3, -0.25) is 14.8 Å². The minimum atomic E-state index is -0.0934. The predicted molar refractivity (Wildman–Crippen MR) is 101 cm³/mol. The highest BCUT2D eigenvalue weighted by atomic mass is 16.5. The number of unbranched alkanes of at least 4 members (excludes halogenated alkanes) is 1. The SMILES string of the molecule is O=C(NCCCCOc1ccc(-c2ccccn2)cc1)c1cccnc1. The first-order valence-corrected chi connectivity index (χ1v) is 8.65. The van der Waals surface area contributed by atoms with Crippen molar-refractivity contribution in [3.05, 3.63) is 78.8 Å². The van der Waals surface area contributed by atoms with Gasteiger partial charge in [-0.25, -0.2) is 0 Å². The van der Waals surface area contributed by atoms with E-state index in [-0.39, 0.29) is 5.91 Å². The third-order valence-electron chi connectivity index (χ3n) is 3.86. The number of aromatic nitrogens is 2. The Kier molecular flexibility index (Phi) is 6.31. The van der Waals surface area contributed by atoms with Crippen molar-refractivity contribution < 1.29 is 9.53 Å². The van der Waals surface area contributed by atoms with Crippen LogP contribution in [0.15, 0.2) is 73.2 Å². The second kappa shape index (κ2) is 9.32. The Bertz CT molecular complexity index is 806. The van der Waals surface area contributed by atoms with Crippen LogP contribution in [0.4, 0.5) is 0 Å². The van der Waals surface area contributed by atoms with Crippen molar-refractivity contribution in [3.8, 4) is 17.0 Å². The van der Waals surface area contributed by atoms with Crippen LogP contribution in [0.25, 0.3) is 11.3 Å². The zero-order valence-electron chi connectivity index (χ0n) is 14.5. The number of carbonyl (C=O) groups is 1. The lowest BCUT2D eigenvalue weighted by molar-refractivity contribution is 0.0952. The summed E-state index contributed by atoms with van der Waals surface area (Å²) in [4.78, 5) is 20.1. The normalized spacial score (nSPS) is 10.3. The minimum absolute atomic E-state index is 0.0934. The van der Waals surface area contributed by atoms with Gasteiger partial charge >= 0.3 is 0 Å². The second-order valence-electron chi connectivity index (χ2n) is 5.79. The van der Waals surface area contributed by atoms with Gasteiger partial charge in [-0.1, -0.05) is 6.07 Å². The van der Waals surface area contributed by atoms with E-state index in [1.54, 1.807) is 30.7 Å². The van der Waals surface area contributed by atoms with Crippen LogP contribution in [0, 0.1) is 0 Å². The number of hydrogen-bond donors (Lipinski definition) is 1. The van der Waals surface area contributed by atoms with Crippen LogP contribution >= 0.6 is 0 Å². The average Bonchev–Trinajstić information content (AvgIpc) is 2.72. The van der Waals surface area contributed by atoms with E-state index >= 15 is 0 Å². The fourth-order valence-electron chi connectivity index (χ4n) is 2.47. The van der Waals surface area contributed by atoms with Crippen LogP contribution in [0.5, 0.6) is 5.75 Å². The Morgan fingerprint density at radius 2 is 1.85 bits per heavy atom. The van der Waals surface area contributed by atoms with E-state index in [4.69, 9.17) is 4.74 Å². The number of pyridine rings is 2. The third kappa shape index (κ3) is 5.14. The van der Waals surface area contributed by atoms with Gasteiger partial charge in [-0.05, 0) is 61.4 Å². The summed E-state index contributed by atoms with van der Waals surface area (Å²) in [6.07, 6.45) is 6.73. The Balaban J connectivity index is 1.34. The molecule has 5 heteroatoms. The molecule has 3 aromatic rings. The van der Waals surface area contributed by atoms with E-state index in [0.717, 1.165) is 29.8 Å². The molecule has 0 saturated heterocycles. The molecule has 0 aliphatic carbocycles. The summed E-state index contributed by atoms with van der Waals surface area (Å²) in [5.74, 6) is 0.744. The number of rotatable bonds is 8. The van der Waals surface area contributed by atoms with E-state index < -0.39 is 0 Å². The topological polar surface area (TPSA) is 64.1 Å². The summed E-state index contributed by atoms with van der Waals surface area (Å²) in [5.41, 5.74) is 2.59. The summed E-state index contributed by atoms with van der Waals surface area (Å²) in [5, 5.41) is 2.88. The van der Waals surface area contributed by atoms with Crippen LogP contribution in [-0.2, 0) is 0 Å². The number of hydrogen-bond acceptors (Lipinski definition) is 4. The van der Waals surface area contributed by atoms with Gasteiger partial charge in [0.05, 0.1) is 17.9 Å². The zero-order valence-corrected chi connectivity index (χ0v) is 14.5. The van der Waals surface area contributed by atoms with Crippen LogP contribution < -0.4 is 10.1 Å². The first-order valence-electron chi connectivity index (χ1n) is 8.65. The Hall–Kier alpha value is -3.21. The van der Waals surface area contributed by atoms with Crippen molar-refractivity contribution in [2.75, 3.05) is 13.2 Å². The highest BCUT2D eigenvalue weighted by Crippen LogP contribution is 2.20. The maximum Gasteiger partial charge on any atom is 0.252 e. The molecule has 2 aromatic heterocycles. The van der Waals surface area contributed by atoms with Gasteiger partial charge in [0.2, 0.25) is 0 Å². The largest absolute Gasteiger partial charge is 0.494 e. The highest BCUT2D eigenvalue weighted by molar-refractivity contribution is 5.93. The summed E-state index contributed by atoms with van der Waals surface area (Å²) < 4.78 is 5.75. The van der Waals surface area contributed by atoms with Gasteiger partial charge in [0.1, 0.15) is 5.75 Å². The fraction of sp³-hybridized carbons (Fsp3) is 0.190. The summed E-state index contributed by atoms with van der Waals surface area (Å²) in [6.45, 7) is 1.24.